The number of alkyl halides is 1. The van der Waals surface area contributed by atoms with Gasteiger partial charge in [0.1, 0.15) is 6.10 Å². The lowest BCUT2D eigenvalue weighted by atomic mass is 10.0. The Morgan fingerprint density at radius 3 is 2.82 bits per heavy atom. The van der Waals surface area contributed by atoms with Crippen molar-refractivity contribution in [1.82, 2.24) is 0 Å². The first-order valence-corrected chi connectivity index (χ1v) is 3.56. The van der Waals surface area contributed by atoms with Crippen molar-refractivity contribution in [3.8, 4) is 0 Å². The number of hydrogen-bond acceptors (Lipinski definition) is 2. The molecule has 1 rings (SSSR count). The molecule has 64 valence electrons. The van der Waals surface area contributed by atoms with Crippen LogP contribution in [0, 0.1) is 0 Å². The molecule has 2 atom stereocenters. The Labute approximate surface area is 64.2 Å². The fourth-order valence-corrected chi connectivity index (χ4v) is 1.48. The van der Waals surface area contributed by atoms with E-state index in [1.165, 1.54) is 7.11 Å². The van der Waals surface area contributed by atoms with Gasteiger partial charge in [0, 0.05) is 7.11 Å². The number of carbonyl (C=O) groups is 1. The summed E-state index contributed by atoms with van der Waals surface area (Å²) in [5.74, 6) is -1.40. The van der Waals surface area contributed by atoms with Gasteiger partial charge in [0.25, 0.3) is 0 Å². The highest BCUT2D eigenvalue weighted by Crippen LogP contribution is 2.35. The summed E-state index contributed by atoms with van der Waals surface area (Å²) in [6.45, 7) is 0. The van der Waals surface area contributed by atoms with E-state index >= 15 is 0 Å². The number of methoxy groups -OCH3 is 1. The third-order valence-corrected chi connectivity index (χ3v) is 2.16. The highest BCUT2D eigenvalue weighted by Gasteiger charge is 2.50. The van der Waals surface area contributed by atoms with Gasteiger partial charge in [-0.1, -0.05) is 0 Å². The van der Waals surface area contributed by atoms with Gasteiger partial charge in [-0.25, -0.2) is 9.18 Å². The van der Waals surface area contributed by atoms with E-state index in [9.17, 15) is 9.18 Å². The number of ether oxygens (including phenoxy) is 1. The van der Waals surface area contributed by atoms with Crippen LogP contribution in [0.1, 0.15) is 19.3 Å². The minimum Gasteiger partial charge on any atom is -0.479 e. The molecule has 1 aliphatic rings. The Balaban J connectivity index is 2.75. The molecule has 0 heterocycles. The second-order valence-electron chi connectivity index (χ2n) is 2.78. The molecule has 0 aromatic heterocycles. The molecule has 3 nitrogen and oxygen atoms in total. The van der Waals surface area contributed by atoms with Crippen molar-refractivity contribution in [2.75, 3.05) is 7.11 Å². The van der Waals surface area contributed by atoms with Crippen LogP contribution in [0.4, 0.5) is 4.39 Å². The van der Waals surface area contributed by atoms with Crippen LogP contribution < -0.4 is 0 Å². The lowest BCUT2D eigenvalue weighted by Gasteiger charge is -2.20. The van der Waals surface area contributed by atoms with Gasteiger partial charge in [0.05, 0.1) is 0 Å². The van der Waals surface area contributed by atoms with Crippen LogP contribution in [0.15, 0.2) is 0 Å². The summed E-state index contributed by atoms with van der Waals surface area (Å²) >= 11 is 0. The van der Waals surface area contributed by atoms with Crippen LogP contribution in [0.5, 0.6) is 0 Å². The zero-order chi connectivity index (χ0) is 8.48. The molecule has 0 radical (unpaired) electrons. The molecule has 1 aliphatic carbocycles. The summed E-state index contributed by atoms with van der Waals surface area (Å²) in [6, 6.07) is 0. The minimum atomic E-state index is -2.14. The van der Waals surface area contributed by atoms with Crippen molar-refractivity contribution in [3.63, 3.8) is 0 Å². The predicted molar refractivity (Wildman–Crippen MR) is 36.1 cm³/mol. The number of halogens is 1. The van der Waals surface area contributed by atoms with E-state index in [2.05, 4.69) is 0 Å². The van der Waals surface area contributed by atoms with Crippen molar-refractivity contribution >= 4 is 5.97 Å². The van der Waals surface area contributed by atoms with Gasteiger partial charge in [-0.05, 0) is 19.3 Å². The molecular formula is C7H11FO3. The topological polar surface area (TPSA) is 46.5 Å². The van der Waals surface area contributed by atoms with Crippen molar-refractivity contribution in [2.45, 2.75) is 31.0 Å². The van der Waals surface area contributed by atoms with Crippen molar-refractivity contribution in [3.05, 3.63) is 0 Å². The average molecular weight is 162 g/mol. The van der Waals surface area contributed by atoms with Gasteiger partial charge in [0.15, 0.2) is 0 Å². The van der Waals surface area contributed by atoms with E-state index in [0.717, 1.165) is 0 Å². The van der Waals surface area contributed by atoms with Crippen LogP contribution in [-0.4, -0.2) is 30.0 Å². The van der Waals surface area contributed by atoms with Gasteiger partial charge < -0.3 is 9.84 Å². The van der Waals surface area contributed by atoms with E-state index in [0.29, 0.717) is 12.8 Å². The van der Waals surface area contributed by atoms with Gasteiger partial charge in [-0.15, -0.1) is 0 Å². The fraction of sp³-hybridized carbons (Fsp3) is 0.857. The minimum absolute atomic E-state index is 0.0703. The first kappa shape index (κ1) is 8.46. The number of rotatable bonds is 2. The van der Waals surface area contributed by atoms with Crippen molar-refractivity contribution in [1.29, 1.82) is 0 Å². The van der Waals surface area contributed by atoms with E-state index in [1.54, 1.807) is 0 Å². The average Bonchev–Trinajstić information content (AvgIpc) is 2.32. The Hall–Kier alpha value is -0.640. The summed E-state index contributed by atoms with van der Waals surface area (Å²) < 4.78 is 18.1. The quantitative estimate of drug-likeness (QED) is 0.658. The standard InChI is InChI=1S/C7H11FO3/c1-11-5-3-2-4-7(5,8)6(9)10/h5H,2-4H2,1H3,(H,9,10). The predicted octanol–water partition coefficient (Wildman–Crippen LogP) is 0.978. The smallest absolute Gasteiger partial charge is 0.344 e. The zero-order valence-electron chi connectivity index (χ0n) is 6.34. The Morgan fingerprint density at radius 1 is 1.82 bits per heavy atom. The van der Waals surface area contributed by atoms with Gasteiger partial charge in [0.2, 0.25) is 5.67 Å². The lowest BCUT2D eigenvalue weighted by Crippen LogP contribution is -2.42. The maximum atomic E-state index is 13.4. The molecule has 0 spiro atoms. The van der Waals surface area contributed by atoms with Gasteiger partial charge in [-0.3, -0.25) is 0 Å². The molecule has 0 saturated heterocycles. The van der Waals surface area contributed by atoms with E-state index in [1.807, 2.05) is 0 Å². The summed E-state index contributed by atoms with van der Waals surface area (Å²) in [7, 11) is 1.34. The second kappa shape index (κ2) is 2.77. The Kier molecular flexibility index (Phi) is 2.13. The molecule has 0 bridgehead atoms. The van der Waals surface area contributed by atoms with E-state index in [4.69, 9.17) is 9.84 Å². The van der Waals surface area contributed by atoms with Gasteiger partial charge >= 0.3 is 5.97 Å². The van der Waals surface area contributed by atoms with E-state index in [-0.39, 0.29) is 6.42 Å². The summed E-state index contributed by atoms with van der Waals surface area (Å²) in [5, 5.41) is 8.52. The summed E-state index contributed by atoms with van der Waals surface area (Å²) in [5.41, 5.74) is -2.14. The van der Waals surface area contributed by atoms with Crippen LogP contribution >= 0.6 is 0 Å². The maximum Gasteiger partial charge on any atom is 0.344 e. The first-order valence-electron chi connectivity index (χ1n) is 3.56. The number of aliphatic carboxylic acids is 1. The molecule has 1 N–H and O–H groups in total. The molecule has 0 aromatic rings. The van der Waals surface area contributed by atoms with E-state index < -0.39 is 17.7 Å². The highest BCUT2D eigenvalue weighted by molar-refractivity contribution is 5.78. The highest BCUT2D eigenvalue weighted by atomic mass is 19.1. The fourth-order valence-electron chi connectivity index (χ4n) is 1.48. The van der Waals surface area contributed by atoms with Gasteiger partial charge in [-0.2, -0.15) is 0 Å². The molecule has 0 amide bonds. The van der Waals surface area contributed by atoms with Crippen molar-refractivity contribution < 1.29 is 19.0 Å². The Morgan fingerprint density at radius 2 is 2.45 bits per heavy atom. The first-order chi connectivity index (χ1) is 5.11. The number of carboxylic acids is 1. The van der Waals surface area contributed by atoms with Crippen LogP contribution in [0.25, 0.3) is 0 Å². The number of hydrogen-bond donors (Lipinski definition) is 1. The van der Waals surface area contributed by atoms with Crippen molar-refractivity contribution in [2.24, 2.45) is 0 Å². The number of carboxylic acid groups (broad SMARTS) is 1. The second-order valence-corrected chi connectivity index (χ2v) is 2.78. The molecule has 4 heteroatoms. The van der Waals surface area contributed by atoms with Crippen LogP contribution in [-0.2, 0) is 9.53 Å². The van der Waals surface area contributed by atoms with Crippen LogP contribution in [0.2, 0.25) is 0 Å². The monoisotopic (exact) mass is 162 g/mol. The normalized spacial score (nSPS) is 37.5. The zero-order valence-corrected chi connectivity index (χ0v) is 6.34. The lowest BCUT2D eigenvalue weighted by molar-refractivity contribution is -0.158. The van der Waals surface area contributed by atoms with Crippen LogP contribution in [0.3, 0.4) is 0 Å². The molecule has 1 fully saturated rings. The molecule has 0 aliphatic heterocycles. The molecule has 11 heavy (non-hydrogen) atoms. The summed E-state index contributed by atoms with van der Waals surface area (Å²) in [4.78, 5) is 10.4. The largest absolute Gasteiger partial charge is 0.479 e. The third kappa shape index (κ3) is 1.22. The Bertz CT molecular complexity index is 171. The molecular weight excluding hydrogens is 151 g/mol. The third-order valence-electron chi connectivity index (χ3n) is 2.16. The molecule has 0 aromatic carbocycles. The maximum absolute atomic E-state index is 13.4. The molecule has 1 saturated carbocycles. The molecule has 2 unspecified atom stereocenters. The SMILES string of the molecule is COC1CCCC1(F)C(=O)O. The summed E-state index contributed by atoms with van der Waals surface area (Å²) in [6.07, 6.45) is 0.390.